The first-order chi connectivity index (χ1) is 12.1. The standard InChI is InChI=1S/C17H22N4O3S/c1-18-25(22,23)15-6-7-17(20-13-15)19-12-14-4-2-3-5-16(14)21-8-10-24-11-9-21/h2-7,13,18H,8-12H2,1H3,(H,19,20). The second kappa shape index (κ2) is 7.81. The zero-order valence-electron chi connectivity index (χ0n) is 14.1. The SMILES string of the molecule is CNS(=O)(=O)c1ccc(NCc2ccccc2N2CCOCC2)nc1. The molecule has 1 aliphatic rings. The molecule has 0 unspecified atom stereocenters. The van der Waals surface area contributed by atoms with Crippen molar-refractivity contribution in [3.8, 4) is 0 Å². The summed E-state index contributed by atoms with van der Waals surface area (Å²) in [6, 6.07) is 11.4. The maximum absolute atomic E-state index is 11.7. The van der Waals surface area contributed by atoms with Crippen LogP contribution in [-0.4, -0.2) is 46.8 Å². The molecule has 134 valence electrons. The monoisotopic (exact) mass is 362 g/mol. The second-order valence-electron chi connectivity index (χ2n) is 5.67. The lowest BCUT2D eigenvalue weighted by molar-refractivity contribution is 0.122. The number of anilines is 2. The summed E-state index contributed by atoms with van der Waals surface area (Å²) in [5, 5.41) is 3.25. The predicted octanol–water partition coefficient (Wildman–Crippen LogP) is 1.44. The highest BCUT2D eigenvalue weighted by Gasteiger charge is 2.15. The Labute approximate surface area is 148 Å². The largest absolute Gasteiger partial charge is 0.378 e. The molecule has 2 aromatic rings. The van der Waals surface area contributed by atoms with E-state index in [0.29, 0.717) is 12.4 Å². The molecule has 0 radical (unpaired) electrons. The highest BCUT2D eigenvalue weighted by molar-refractivity contribution is 7.89. The lowest BCUT2D eigenvalue weighted by Gasteiger charge is -2.30. The van der Waals surface area contributed by atoms with Gasteiger partial charge in [-0.25, -0.2) is 18.1 Å². The van der Waals surface area contributed by atoms with E-state index in [9.17, 15) is 8.42 Å². The average molecular weight is 362 g/mol. The Morgan fingerprint density at radius 3 is 2.60 bits per heavy atom. The quantitative estimate of drug-likeness (QED) is 0.809. The van der Waals surface area contributed by atoms with Crippen LogP contribution >= 0.6 is 0 Å². The van der Waals surface area contributed by atoms with Gasteiger partial charge in [-0.1, -0.05) is 18.2 Å². The van der Waals surface area contributed by atoms with E-state index in [1.165, 1.54) is 25.0 Å². The molecule has 1 saturated heterocycles. The molecule has 0 atom stereocenters. The lowest BCUT2D eigenvalue weighted by Crippen LogP contribution is -2.36. The van der Waals surface area contributed by atoms with E-state index in [1.54, 1.807) is 6.07 Å². The lowest BCUT2D eigenvalue weighted by atomic mass is 10.1. The zero-order valence-corrected chi connectivity index (χ0v) is 14.9. The maximum Gasteiger partial charge on any atom is 0.241 e. The Hall–Kier alpha value is -2.16. The molecule has 0 aliphatic carbocycles. The predicted molar refractivity (Wildman–Crippen MR) is 97.3 cm³/mol. The third-order valence-electron chi connectivity index (χ3n) is 4.12. The number of sulfonamides is 1. The number of pyridine rings is 1. The number of ether oxygens (including phenoxy) is 1. The minimum absolute atomic E-state index is 0.147. The number of hydrogen-bond donors (Lipinski definition) is 2. The van der Waals surface area contributed by atoms with E-state index >= 15 is 0 Å². The number of rotatable bonds is 6. The fraction of sp³-hybridized carbons (Fsp3) is 0.353. The number of benzene rings is 1. The molecule has 7 nitrogen and oxygen atoms in total. The minimum atomic E-state index is -3.46. The molecule has 0 saturated carbocycles. The van der Waals surface area contributed by atoms with Crippen LogP contribution in [0.3, 0.4) is 0 Å². The number of morpholine rings is 1. The molecular formula is C17H22N4O3S. The van der Waals surface area contributed by atoms with Gasteiger partial charge in [-0.3, -0.25) is 0 Å². The van der Waals surface area contributed by atoms with Gasteiger partial charge in [0.25, 0.3) is 0 Å². The van der Waals surface area contributed by atoms with Gasteiger partial charge in [0.15, 0.2) is 0 Å². The van der Waals surface area contributed by atoms with Gasteiger partial charge in [0.2, 0.25) is 10.0 Å². The first-order valence-electron chi connectivity index (χ1n) is 8.14. The molecule has 0 amide bonds. The van der Waals surface area contributed by atoms with Gasteiger partial charge in [0.1, 0.15) is 10.7 Å². The van der Waals surface area contributed by atoms with Gasteiger partial charge in [0, 0.05) is 31.5 Å². The molecule has 1 aliphatic heterocycles. The Balaban J connectivity index is 1.70. The number of nitrogens with zero attached hydrogens (tertiary/aromatic N) is 2. The van der Waals surface area contributed by atoms with Crippen LogP contribution in [0, 0.1) is 0 Å². The summed E-state index contributed by atoms with van der Waals surface area (Å²) in [7, 11) is -2.08. The Morgan fingerprint density at radius 1 is 1.16 bits per heavy atom. The third kappa shape index (κ3) is 4.28. The van der Waals surface area contributed by atoms with E-state index < -0.39 is 10.0 Å². The first-order valence-corrected chi connectivity index (χ1v) is 9.62. The summed E-state index contributed by atoms with van der Waals surface area (Å²) >= 11 is 0. The van der Waals surface area contributed by atoms with Crippen LogP contribution in [0.15, 0.2) is 47.5 Å². The maximum atomic E-state index is 11.7. The second-order valence-corrected chi connectivity index (χ2v) is 7.55. The molecule has 2 heterocycles. The molecular weight excluding hydrogens is 340 g/mol. The van der Waals surface area contributed by atoms with Crippen LogP contribution in [0.2, 0.25) is 0 Å². The molecule has 1 aromatic carbocycles. The summed E-state index contributed by atoms with van der Waals surface area (Å²) < 4.78 is 31.1. The smallest absolute Gasteiger partial charge is 0.241 e. The Morgan fingerprint density at radius 2 is 1.92 bits per heavy atom. The Bertz CT molecular complexity index is 803. The summed E-state index contributed by atoms with van der Waals surface area (Å²) in [6.07, 6.45) is 1.35. The van der Waals surface area contributed by atoms with Gasteiger partial charge in [-0.15, -0.1) is 0 Å². The van der Waals surface area contributed by atoms with Crippen LogP contribution in [0.25, 0.3) is 0 Å². The Kier molecular flexibility index (Phi) is 5.52. The van der Waals surface area contributed by atoms with Crippen molar-refractivity contribution in [3.63, 3.8) is 0 Å². The minimum Gasteiger partial charge on any atom is -0.378 e. The summed E-state index contributed by atoms with van der Waals surface area (Å²) in [4.78, 5) is 6.65. The first kappa shape index (κ1) is 17.7. The fourth-order valence-corrected chi connectivity index (χ4v) is 3.39. The highest BCUT2D eigenvalue weighted by Crippen LogP contribution is 2.22. The van der Waals surface area contributed by atoms with Crippen LogP contribution in [-0.2, 0) is 21.3 Å². The molecule has 8 heteroatoms. The van der Waals surface area contributed by atoms with Crippen molar-refractivity contribution in [3.05, 3.63) is 48.2 Å². The van der Waals surface area contributed by atoms with Crippen LogP contribution in [0.1, 0.15) is 5.56 Å². The molecule has 1 fully saturated rings. The summed E-state index contributed by atoms with van der Waals surface area (Å²) in [5.41, 5.74) is 2.35. The van der Waals surface area contributed by atoms with E-state index in [0.717, 1.165) is 31.9 Å². The van der Waals surface area contributed by atoms with Gasteiger partial charge in [0.05, 0.1) is 13.2 Å². The van der Waals surface area contributed by atoms with Crippen LogP contribution in [0.5, 0.6) is 0 Å². The van der Waals surface area contributed by atoms with Crippen molar-refractivity contribution in [1.29, 1.82) is 0 Å². The van der Waals surface area contributed by atoms with Gasteiger partial charge >= 0.3 is 0 Å². The number of para-hydroxylation sites is 1. The molecule has 25 heavy (non-hydrogen) atoms. The summed E-state index contributed by atoms with van der Waals surface area (Å²) in [6.45, 7) is 3.85. The van der Waals surface area contributed by atoms with E-state index in [4.69, 9.17) is 4.74 Å². The normalized spacial score (nSPS) is 15.2. The van der Waals surface area contributed by atoms with Crippen LogP contribution < -0.4 is 14.9 Å². The van der Waals surface area contributed by atoms with Crippen molar-refractivity contribution in [1.82, 2.24) is 9.71 Å². The number of hydrogen-bond acceptors (Lipinski definition) is 6. The van der Waals surface area contributed by atoms with E-state index in [-0.39, 0.29) is 4.90 Å². The van der Waals surface area contributed by atoms with E-state index in [2.05, 4.69) is 32.1 Å². The van der Waals surface area contributed by atoms with Crippen molar-refractivity contribution < 1.29 is 13.2 Å². The molecule has 2 N–H and O–H groups in total. The van der Waals surface area contributed by atoms with E-state index in [1.807, 2.05) is 12.1 Å². The van der Waals surface area contributed by atoms with Crippen LogP contribution in [0.4, 0.5) is 11.5 Å². The molecule has 0 bridgehead atoms. The van der Waals surface area contributed by atoms with Gasteiger partial charge in [-0.2, -0.15) is 0 Å². The number of aromatic nitrogens is 1. The highest BCUT2D eigenvalue weighted by atomic mass is 32.2. The van der Waals surface area contributed by atoms with Gasteiger partial charge < -0.3 is 15.0 Å². The van der Waals surface area contributed by atoms with Crippen molar-refractivity contribution in [2.45, 2.75) is 11.4 Å². The third-order valence-corrected chi connectivity index (χ3v) is 5.52. The number of nitrogens with one attached hydrogen (secondary N) is 2. The molecule has 1 aromatic heterocycles. The molecule has 3 rings (SSSR count). The fourth-order valence-electron chi connectivity index (χ4n) is 2.72. The van der Waals surface area contributed by atoms with Gasteiger partial charge in [-0.05, 0) is 30.8 Å². The van der Waals surface area contributed by atoms with Crippen molar-refractivity contribution in [2.24, 2.45) is 0 Å². The molecule has 0 spiro atoms. The van der Waals surface area contributed by atoms with Crippen molar-refractivity contribution >= 4 is 21.5 Å². The topological polar surface area (TPSA) is 83.6 Å². The zero-order chi connectivity index (χ0) is 17.7. The van der Waals surface area contributed by atoms with Crippen molar-refractivity contribution in [2.75, 3.05) is 43.6 Å². The average Bonchev–Trinajstić information content (AvgIpc) is 2.67. The summed E-state index contributed by atoms with van der Waals surface area (Å²) in [5.74, 6) is 0.631.